The smallest absolute Gasteiger partial charge is 0.127 e. The minimum atomic E-state index is -1.96. The summed E-state index contributed by atoms with van der Waals surface area (Å²) >= 11 is 1.60. The highest BCUT2D eigenvalue weighted by Gasteiger charge is 2.27. The van der Waals surface area contributed by atoms with Gasteiger partial charge in [0, 0.05) is 19.6 Å². The summed E-state index contributed by atoms with van der Waals surface area (Å²) < 4.78 is 59.0. The molecule has 0 unspecified atom stereocenters. The molecular formula is C41H36F4S3. The summed E-state index contributed by atoms with van der Waals surface area (Å²) in [4.78, 5) is 7.30. The van der Waals surface area contributed by atoms with Crippen LogP contribution in [-0.2, 0) is 0 Å². The van der Waals surface area contributed by atoms with E-state index < -0.39 is 20.9 Å². The number of benzene rings is 6. The predicted molar refractivity (Wildman–Crippen MR) is 194 cm³/mol. The quantitative estimate of drug-likeness (QED) is 0.122. The second-order valence-electron chi connectivity index (χ2n) is 12.0. The molecular weight excluding hydrogens is 665 g/mol. The lowest BCUT2D eigenvalue weighted by atomic mass is 10.2. The second kappa shape index (κ2) is 13.9. The van der Waals surface area contributed by atoms with Crippen molar-refractivity contribution in [3.63, 3.8) is 0 Å². The second-order valence-corrected chi connectivity index (χ2v) is 18.6. The summed E-state index contributed by atoms with van der Waals surface area (Å²) in [6.45, 7) is 6.94. The van der Waals surface area contributed by atoms with Gasteiger partial charge in [0.15, 0.2) is 0 Å². The lowest BCUT2D eigenvalue weighted by Gasteiger charge is -2.38. The van der Waals surface area contributed by atoms with Gasteiger partial charge < -0.3 is 0 Å². The fourth-order valence-corrected chi connectivity index (χ4v) is 11.5. The zero-order valence-electron chi connectivity index (χ0n) is 27.3. The maximum absolute atomic E-state index is 14.8. The van der Waals surface area contributed by atoms with Crippen molar-refractivity contribution in [1.29, 1.82) is 0 Å². The minimum Gasteiger partial charge on any atom is -0.207 e. The molecule has 0 atom stereocenters. The Hall–Kier alpha value is -3.91. The Morgan fingerprint density at radius 3 is 1.15 bits per heavy atom. The molecule has 0 spiro atoms. The van der Waals surface area contributed by atoms with Crippen molar-refractivity contribution in [3.05, 3.63) is 167 Å². The standard InChI is InChI=1S/C41H36F4S3/c1-26-6-14-33(22-38(26)42)47(34-15-7-27(2)39(43)23-34)32-16-10-30(11-17-32)46-31-12-20-35(21-13-31)48(5,36-18-8-28(3)40(44)24-36)37-19-9-29(4)41(45)25-37/h6-25,47H,1-5H3. The summed E-state index contributed by atoms with van der Waals surface area (Å²) in [5.41, 5.74) is 2.28. The Balaban J connectivity index is 1.31. The molecule has 0 nitrogen and oxygen atoms in total. The van der Waals surface area contributed by atoms with Crippen molar-refractivity contribution in [3.8, 4) is 0 Å². The zero-order chi connectivity index (χ0) is 34.2. The average Bonchev–Trinajstić information content (AvgIpc) is 3.07. The molecule has 7 heteroatoms. The Morgan fingerprint density at radius 1 is 0.417 bits per heavy atom. The highest BCUT2D eigenvalue weighted by atomic mass is 32.3. The van der Waals surface area contributed by atoms with E-state index >= 15 is 0 Å². The molecule has 0 aliphatic heterocycles. The number of hydrogen-bond donors (Lipinski definition) is 1. The fraction of sp³-hybridized carbons (Fsp3) is 0.122. The molecule has 0 fully saturated rings. The van der Waals surface area contributed by atoms with Crippen LogP contribution in [0.3, 0.4) is 0 Å². The molecule has 48 heavy (non-hydrogen) atoms. The van der Waals surface area contributed by atoms with Gasteiger partial charge in [-0.25, -0.2) is 17.6 Å². The van der Waals surface area contributed by atoms with Crippen LogP contribution in [0.25, 0.3) is 0 Å². The van der Waals surface area contributed by atoms with Crippen LogP contribution in [0.2, 0.25) is 0 Å². The lowest BCUT2D eigenvalue weighted by molar-refractivity contribution is 0.613. The van der Waals surface area contributed by atoms with Crippen molar-refractivity contribution in [2.45, 2.75) is 66.9 Å². The molecule has 0 N–H and O–H groups in total. The topological polar surface area (TPSA) is 0 Å². The Bertz CT molecular complexity index is 2000. The molecule has 0 aliphatic carbocycles. The van der Waals surface area contributed by atoms with Gasteiger partial charge in [0.05, 0.1) is 0 Å². The number of halogens is 4. The van der Waals surface area contributed by atoms with Gasteiger partial charge in [-0.1, -0.05) is 36.0 Å². The Kier molecular flexibility index (Phi) is 9.84. The molecule has 0 saturated heterocycles. The van der Waals surface area contributed by atoms with Gasteiger partial charge in [0.25, 0.3) is 0 Å². The van der Waals surface area contributed by atoms with Crippen LogP contribution in [0.1, 0.15) is 22.3 Å². The first-order valence-corrected chi connectivity index (χ1v) is 19.6. The summed E-state index contributed by atoms with van der Waals surface area (Å²) in [5.74, 6) is -1.11. The van der Waals surface area contributed by atoms with E-state index in [1.165, 1.54) is 0 Å². The average molecular weight is 701 g/mol. The third-order valence-corrected chi connectivity index (χ3v) is 15.7. The molecule has 6 aromatic carbocycles. The molecule has 0 radical (unpaired) electrons. The van der Waals surface area contributed by atoms with Crippen LogP contribution in [-0.4, -0.2) is 6.26 Å². The van der Waals surface area contributed by atoms with E-state index in [0.29, 0.717) is 22.3 Å². The van der Waals surface area contributed by atoms with Crippen LogP contribution >= 0.6 is 32.7 Å². The zero-order valence-corrected chi connectivity index (χ0v) is 29.8. The largest absolute Gasteiger partial charge is 0.207 e. The van der Waals surface area contributed by atoms with Crippen molar-refractivity contribution in [1.82, 2.24) is 0 Å². The van der Waals surface area contributed by atoms with Crippen molar-refractivity contribution >= 4 is 32.7 Å². The van der Waals surface area contributed by atoms with Gasteiger partial charge in [0.1, 0.15) is 23.3 Å². The van der Waals surface area contributed by atoms with E-state index in [1.54, 1.807) is 88.0 Å². The number of aryl methyl sites for hydroxylation is 4. The van der Waals surface area contributed by atoms with Crippen molar-refractivity contribution in [2.24, 2.45) is 0 Å². The maximum Gasteiger partial charge on any atom is 0.127 e. The molecule has 6 aromatic rings. The molecule has 0 saturated carbocycles. The van der Waals surface area contributed by atoms with Gasteiger partial charge in [-0.15, -0.1) is 0 Å². The summed E-state index contributed by atoms with van der Waals surface area (Å²) in [5, 5.41) is 0. The molecule has 246 valence electrons. The lowest BCUT2D eigenvalue weighted by Crippen LogP contribution is -2.03. The van der Waals surface area contributed by atoms with Crippen LogP contribution in [0, 0.1) is 51.0 Å². The first-order valence-electron chi connectivity index (χ1n) is 15.5. The SMILES string of the molecule is Cc1ccc([SH](c2ccc(Sc3ccc(S(C)(c4ccc(C)c(F)c4)c4ccc(C)c(F)c4)cc3)cc2)c2ccc(C)c(F)c2)cc1F. The maximum atomic E-state index is 14.8. The number of rotatable bonds is 8. The normalized spacial score (nSPS) is 12.2. The minimum absolute atomic E-state index is 0.277. The van der Waals surface area contributed by atoms with Crippen molar-refractivity contribution < 1.29 is 17.6 Å². The van der Waals surface area contributed by atoms with E-state index in [0.717, 1.165) is 39.2 Å². The van der Waals surface area contributed by atoms with Gasteiger partial charge in [-0.3, -0.25) is 0 Å². The first kappa shape index (κ1) is 34.0. The van der Waals surface area contributed by atoms with Crippen molar-refractivity contribution in [2.75, 3.05) is 6.26 Å². The van der Waals surface area contributed by atoms with E-state index in [1.807, 2.05) is 60.7 Å². The fourth-order valence-electron chi connectivity index (χ4n) is 5.53. The summed E-state index contributed by atoms with van der Waals surface area (Å²) in [6, 6.07) is 37.5. The summed E-state index contributed by atoms with van der Waals surface area (Å²) in [7, 11) is -3.15. The number of thiol groups is 1. The predicted octanol–water partition coefficient (Wildman–Crippen LogP) is 13.0. The van der Waals surface area contributed by atoms with Gasteiger partial charge >= 0.3 is 0 Å². The highest BCUT2D eigenvalue weighted by molar-refractivity contribution is 8.33. The molecule has 0 heterocycles. The van der Waals surface area contributed by atoms with Crippen LogP contribution in [0.15, 0.2) is 160 Å². The van der Waals surface area contributed by atoms with E-state index in [2.05, 4.69) is 18.4 Å². The molecule has 0 amide bonds. The summed E-state index contributed by atoms with van der Waals surface area (Å²) in [6.07, 6.45) is 2.08. The van der Waals surface area contributed by atoms with Gasteiger partial charge in [-0.05, 0) is 173 Å². The van der Waals surface area contributed by atoms with E-state index in [9.17, 15) is 17.6 Å². The molecule has 0 aromatic heterocycles. The Morgan fingerprint density at radius 2 is 0.750 bits per heavy atom. The highest BCUT2D eigenvalue weighted by Crippen LogP contribution is 2.66. The van der Waals surface area contributed by atoms with Crippen LogP contribution < -0.4 is 0 Å². The van der Waals surface area contributed by atoms with Gasteiger partial charge in [-0.2, -0.15) is 20.9 Å². The van der Waals surface area contributed by atoms with Gasteiger partial charge in [0.2, 0.25) is 0 Å². The first-order chi connectivity index (χ1) is 22.9. The monoisotopic (exact) mass is 700 g/mol. The van der Waals surface area contributed by atoms with Crippen LogP contribution in [0.5, 0.6) is 0 Å². The molecule has 0 bridgehead atoms. The van der Waals surface area contributed by atoms with Crippen LogP contribution in [0.4, 0.5) is 17.6 Å². The number of hydrogen-bond acceptors (Lipinski definition) is 1. The molecule has 6 rings (SSSR count). The Labute approximate surface area is 288 Å². The third kappa shape index (κ3) is 6.82. The van der Waals surface area contributed by atoms with E-state index in [4.69, 9.17) is 0 Å². The molecule has 0 aliphatic rings. The third-order valence-electron chi connectivity index (χ3n) is 8.68. The van der Waals surface area contributed by atoms with E-state index in [-0.39, 0.29) is 23.3 Å².